The summed E-state index contributed by atoms with van der Waals surface area (Å²) in [6.45, 7) is -0.280. The summed E-state index contributed by atoms with van der Waals surface area (Å²) in [5, 5.41) is 3.45. The predicted molar refractivity (Wildman–Crippen MR) is 65.7 cm³/mol. The summed E-state index contributed by atoms with van der Waals surface area (Å²) < 4.78 is 28.8. The highest BCUT2D eigenvalue weighted by molar-refractivity contribution is 6.30. The predicted octanol–water partition coefficient (Wildman–Crippen LogP) is 3.56. The summed E-state index contributed by atoms with van der Waals surface area (Å²) in [5.41, 5.74) is 1.54. The Labute approximate surface area is 104 Å². The summed E-state index contributed by atoms with van der Waals surface area (Å²) in [5.74, 6) is 0.125. The first-order valence-corrected chi connectivity index (χ1v) is 5.47. The van der Waals surface area contributed by atoms with E-state index in [1.807, 2.05) is 14.0 Å². The van der Waals surface area contributed by atoms with Crippen molar-refractivity contribution in [3.8, 4) is 5.75 Å². The maximum atomic E-state index is 12.2. The van der Waals surface area contributed by atoms with Crippen molar-refractivity contribution < 1.29 is 13.5 Å². The molecule has 0 fully saturated rings. The van der Waals surface area contributed by atoms with E-state index in [9.17, 15) is 8.78 Å². The van der Waals surface area contributed by atoms with E-state index in [2.05, 4.69) is 10.1 Å². The van der Waals surface area contributed by atoms with Crippen LogP contribution in [0.3, 0.4) is 0 Å². The lowest BCUT2D eigenvalue weighted by Crippen LogP contribution is -2.08. The minimum Gasteiger partial charge on any atom is -0.434 e. The third-order valence-electron chi connectivity index (χ3n) is 2.05. The molecule has 94 valence electrons. The molecular weight excluding hydrogens is 248 g/mol. The molecule has 17 heavy (non-hydrogen) atoms. The maximum absolute atomic E-state index is 12.2. The second-order valence-corrected chi connectivity index (χ2v) is 4.02. The van der Waals surface area contributed by atoms with Crippen LogP contribution in [0.2, 0.25) is 5.02 Å². The van der Waals surface area contributed by atoms with Crippen LogP contribution >= 0.6 is 11.6 Å². The zero-order valence-electron chi connectivity index (χ0n) is 9.64. The minimum absolute atomic E-state index is 0.125. The van der Waals surface area contributed by atoms with E-state index >= 15 is 0 Å². The molecule has 0 saturated carbocycles. The van der Waals surface area contributed by atoms with E-state index in [1.54, 1.807) is 12.1 Å². The van der Waals surface area contributed by atoms with Gasteiger partial charge in [0, 0.05) is 17.1 Å². The summed E-state index contributed by atoms with van der Waals surface area (Å²) in [4.78, 5) is 0. The van der Waals surface area contributed by atoms with Crippen molar-refractivity contribution in [3.05, 3.63) is 34.4 Å². The van der Waals surface area contributed by atoms with E-state index in [-0.39, 0.29) is 5.75 Å². The monoisotopic (exact) mass is 261 g/mol. The van der Waals surface area contributed by atoms with Gasteiger partial charge in [-0.25, -0.2) is 0 Å². The average molecular weight is 262 g/mol. The Kier molecular flexibility index (Phi) is 5.38. The van der Waals surface area contributed by atoms with Crippen LogP contribution in [0.1, 0.15) is 12.5 Å². The average Bonchev–Trinajstić information content (AvgIpc) is 2.22. The molecule has 1 aromatic carbocycles. The Bertz CT molecular complexity index is 407. The Morgan fingerprint density at radius 1 is 1.53 bits per heavy atom. The molecule has 2 nitrogen and oxygen atoms in total. The second kappa shape index (κ2) is 6.57. The number of rotatable bonds is 5. The standard InChI is InChI=1S/C12H14ClF2NO/c1-8(7-16-2)5-9-6-10(13)3-4-11(9)17-12(14)15/h3-6,12,16H,7H2,1-2H3. The van der Waals surface area contributed by atoms with Crippen molar-refractivity contribution in [2.24, 2.45) is 0 Å². The van der Waals surface area contributed by atoms with Gasteiger partial charge in [0.15, 0.2) is 0 Å². The lowest BCUT2D eigenvalue weighted by molar-refractivity contribution is -0.0499. The molecule has 0 aromatic heterocycles. The molecule has 0 aliphatic heterocycles. The van der Waals surface area contributed by atoms with Gasteiger partial charge in [0.2, 0.25) is 0 Å². The van der Waals surface area contributed by atoms with Crippen LogP contribution in [0.15, 0.2) is 23.8 Å². The fourth-order valence-corrected chi connectivity index (χ4v) is 1.61. The molecule has 0 aliphatic rings. The van der Waals surface area contributed by atoms with Crippen LogP contribution < -0.4 is 10.1 Å². The molecule has 0 radical (unpaired) electrons. The van der Waals surface area contributed by atoms with Crippen molar-refractivity contribution in [2.45, 2.75) is 13.5 Å². The molecule has 5 heteroatoms. The Morgan fingerprint density at radius 2 is 2.24 bits per heavy atom. The zero-order chi connectivity index (χ0) is 12.8. The van der Waals surface area contributed by atoms with E-state index in [0.717, 1.165) is 5.57 Å². The van der Waals surface area contributed by atoms with Crippen LogP contribution in [0.25, 0.3) is 6.08 Å². The van der Waals surface area contributed by atoms with E-state index in [0.29, 0.717) is 17.1 Å². The van der Waals surface area contributed by atoms with Crippen molar-refractivity contribution >= 4 is 17.7 Å². The molecule has 0 amide bonds. The van der Waals surface area contributed by atoms with Crippen LogP contribution in [-0.4, -0.2) is 20.2 Å². The number of hydrogen-bond donors (Lipinski definition) is 1. The SMILES string of the molecule is CNCC(C)=Cc1cc(Cl)ccc1OC(F)F. The molecule has 0 unspecified atom stereocenters. The van der Waals surface area contributed by atoms with Gasteiger partial charge in [-0.15, -0.1) is 0 Å². The van der Waals surface area contributed by atoms with Gasteiger partial charge in [-0.1, -0.05) is 23.3 Å². The maximum Gasteiger partial charge on any atom is 0.387 e. The number of likely N-dealkylation sites (N-methyl/N-ethyl adjacent to an activating group) is 1. The number of benzene rings is 1. The van der Waals surface area contributed by atoms with E-state index < -0.39 is 6.61 Å². The van der Waals surface area contributed by atoms with Crippen molar-refractivity contribution in [1.29, 1.82) is 0 Å². The smallest absolute Gasteiger partial charge is 0.387 e. The van der Waals surface area contributed by atoms with E-state index in [4.69, 9.17) is 11.6 Å². The van der Waals surface area contributed by atoms with Gasteiger partial charge in [-0.2, -0.15) is 8.78 Å². The fraction of sp³-hybridized carbons (Fsp3) is 0.333. The number of nitrogens with one attached hydrogen (secondary N) is 1. The van der Waals surface area contributed by atoms with Crippen LogP contribution in [0.4, 0.5) is 8.78 Å². The Hall–Kier alpha value is -1.13. The first kappa shape index (κ1) is 13.9. The van der Waals surface area contributed by atoms with Crippen molar-refractivity contribution in [1.82, 2.24) is 5.32 Å². The highest BCUT2D eigenvalue weighted by Gasteiger charge is 2.08. The molecule has 1 rings (SSSR count). The number of halogens is 3. The fourth-order valence-electron chi connectivity index (χ4n) is 1.43. The first-order valence-electron chi connectivity index (χ1n) is 5.09. The summed E-state index contributed by atoms with van der Waals surface area (Å²) >= 11 is 5.83. The Morgan fingerprint density at radius 3 is 2.82 bits per heavy atom. The zero-order valence-corrected chi connectivity index (χ0v) is 10.4. The molecular formula is C12H14ClF2NO. The topological polar surface area (TPSA) is 21.3 Å². The quantitative estimate of drug-likeness (QED) is 0.875. The molecule has 0 saturated heterocycles. The lowest BCUT2D eigenvalue weighted by Gasteiger charge is -2.09. The highest BCUT2D eigenvalue weighted by Crippen LogP contribution is 2.26. The van der Waals surface area contributed by atoms with Crippen LogP contribution in [0.5, 0.6) is 5.75 Å². The van der Waals surface area contributed by atoms with Crippen LogP contribution in [-0.2, 0) is 0 Å². The van der Waals surface area contributed by atoms with Gasteiger partial charge < -0.3 is 10.1 Å². The largest absolute Gasteiger partial charge is 0.434 e. The van der Waals surface area contributed by atoms with Crippen LogP contribution in [0, 0.1) is 0 Å². The minimum atomic E-state index is -2.84. The molecule has 0 aliphatic carbocycles. The number of hydrogen-bond acceptors (Lipinski definition) is 2. The van der Waals surface area contributed by atoms with Gasteiger partial charge in [-0.05, 0) is 32.2 Å². The third-order valence-corrected chi connectivity index (χ3v) is 2.28. The molecule has 1 N–H and O–H groups in total. The normalized spacial score (nSPS) is 12.0. The van der Waals surface area contributed by atoms with Gasteiger partial charge in [0.25, 0.3) is 0 Å². The van der Waals surface area contributed by atoms with E-state index in [1.165, 1.54) is 12.1 Å². The summed E-state index contributed by atoms with van der Waals surface area (Å²) in [6, 6.07) is 4.55. The van der Waals surface area contributed by atoms with Gasteiger partial charge in [0.05, 0.1) is 0 Å². The van der Waals surface area contributed by atoms with Gasteiger partial charge in [0.1, 0.15) is 5.75 Å². The Balaban J connectivity index is 3.02. The second-order valence-electron chi connectivity index (χ2n) is 3.58. The van der Waals surface area contributed by atoms with Crippen molar-refractivity contribution in [3.63, 3.8) is 0 Å². The highest BCUT2D eigenvalue weighted by atomic mass is 35.5. The summed E-state index contributed by atoms with van der Waals surface area (Å²) in [7, 11) is 1.81. The third kappa shape index (κ3) is 4.71. The number of ether oxygens (including phenoxy) is 1. The van der Waals surface area contributed by atoms with Crippen molar-refractivity contribution in [2.75, 3.05) is 13.6 Å². The molecule has 0 atom stereocenters. The molecule has 0 bridgehead atoms. The molecule has 0 heterocycles. The molecule has 0 spiro atoms. The van der Waals surface area contributed by atoms with Gasteiger partial charge in [-0.3, -0.25) is 0 Å². The summed E-state index contributed by atoms with van der Waals surface area (Å²) in [6.07, 6.45) is 1.76. The van der Waals surface area contributed by atoms with Gasteiger partial charge >= 0.3 is 6.61 Å². The number of alkyl halides is 2. The molecule has 1 aromatic rings. The first-order chi connectivity index (χ1) is 8.02. The lowest BCUT2D eigenvalue weighted by atomic mass is 10.1.